The van der Waals surface area contributed by atoms with Crippen LogP contribution in [0.4, 0.5) is 0 Å². The molecule has 111 heavy (non-hydrogen) atoms. The first-order chi connectivity index (χ1) is 53.6. The summed E-state index contributed by atoms with van der Waals surface area (Å²) in [5.74, 6) is -0.372. The average Bonchev–Trinajstić information content (AvgIpc) is 1.37. The molecule has 0 unspecified atom stereocenters. The van der Waals surface area contributed by atoms with Crippen molar-refractivity contribution >= 4 is 123 Å². The Bertz CT molecular complexity index is 4340. The van der Waals surface area contributed by atoms with E-state index in [1.165, 1.54) is 103 Å². The molecule has 0 aliphatic carbocycles. The van der Waals surface area contributed by atoms with E-state index >= 15 is 0 Å². The number of benzene rings is 12. The first-order valence-corrected chi connectivity index (χ1v) is 41.1. The predicted molar refractivity (Wildman–Crippen MR) is 468 cm³/mol. The van der Waals surface area contributed by atoms with E-state index in [4.69, 9.17) is 4.42 Å². The smallest absolute Gasteiger partial charge is 0.337 e. The Kier molecular flexibility index (Phi) is 37.1. The van der Waals surface area contributed by atoms with Crippen LogP contribution in [0, 0.1) is 13.8 Å². The number of pyridine rings is 2. The fraction of sp³-hybridized carbons (Fsp3) is 0.0526. The van der Waals surface area contributed by atoms with Gasteiger partial charge in [-0.1, -0.05) is 371 Å². The maximum atomic E-state index is 11.3. The summed E-state index contributed by atoms with van der Waals surface area (Å²) in [6, 6.07) is 136. The molecule has 0 spiro atoms. The number of ether oxygens (including phenoxy) is 2. The van der Waals surface area contributed by atoms with E-state index in [1.807, 2.05) is 13.8 Å². The fourth-order valence-corrected chi connectivity index (χ4v) is 20.5. The van der Waals surface area contributed by atoms with Gasteiger partial charge in [-0.3, -0.25) is 4.98 Å². The second-order valence-electron chi connectivity index (χ2n) is 23.6. The molecule has 0 aliphatic heterocycles. The molecular formula is C95H85BrN4O6P4Pd. The monoisotopic (exact) mass is 1690 g/mol. The van der Waals surface area contributed by atoms with Crippen molar-refractivity contribution in [3.05, 3.63) is 447 Å². The Morgan fingerprint density at radius 1 is 0.315 bits per heavy atom. The normalized spacial score (nSPS) is 10.1. The second-order valence-corrected chi connectivity index (χ2v) is 33.3. The SMILES string of the molecule is C.COC(=O)c1ccnc(-c2nc(C)co2)c1.COC(=O)c1ccnc(Br)c1.Cc1cocn1.[Pd].c1ccc(P(c2ccccc2)c2ccccc2)cc1.c1ccc(P(c2ccccc2)c2ccccc2)cc1.c1ccc(P(c2ccccc2)c2ccccc2)cc1.c1ccc(P(c2ccccc2)c2ccccc2)cc1. The summed E-state index contributed by atoms with van der Waals surface area (Å²) < 4.78 is 19.5. The van der Waals surface area contributed by atoms with E-state index in [0.717, 1.165) is 11.4 Å². The number of aromatic nitrogens is 4. The van der Waals surface area contributed by atoms with E-state index < -0.39 is 37.7 Å². The minimum atomic E-state index is -0.446. The topological polar surface area (TPSA) is 130 Å². The number of aryl methyl sites for hydroxylation is 2. The Hall–Kier alpha value is -10.8. The van der Waals surface area contributed by atoms with Crippen molar-refractivity contribution in [2.75, 3.05) is 14.2 Å². The number of rotatable bonds is 15. The van der Waals surface area contributed by atoms with Gasteiger partial charge in [0.25, 0.3) is 0 Å². The van der Waals surface area contributed by atoms with E-state index in [0.29, 0.717) is 27.3 Å². The van der Waals surface area contributed by atoms with E-state index in [2.05, 4.69) is 414 Å². The molecule has 0 atom stereocenters. The van der Waals surface area contributed by atoms with Gasteiger partial charge in [0.1, 0.15) is 22.8 Å². The molecule has 16 aromatic rings. The van der Waals surface area contributed by atoms with Crippen molar-refractivity contribution < 1.29 is 48.3 Å². The quantitative estimate of drug-likeness (QED) is 0.0423. The molecule has 12 aromatic carbocycles. The number of esters is 2. The zero-order valence-corrected chi connectivity index (χ0v) is 67.8. The number of halogens is 1. The molecule has 0 saturated heterocycles. The van der Waals surface area contributed by atoms with Crippen LogP contribution < -0.4 is 63.7 Å². The van der Waals surface area contributed by atoms with Gasteiger partial charge in [0.15, 0.2) is 6.39 Å². The summed E-state index contributed by atoms with van der Waals surface area (Å²) in [6.45, 7) is 3.70. The number of carbonyl (C=O) groups is 2. The van der Waals surface area contributed by atoms with Crippen LogP contribution in [0.3, 0.4) is 0 Å². The zero-order chi connectivity index (χ0) is 75.9. The maximum Gasteiger partial charge on any atom is 0.337 e. The summed E-state index contributed by atoms with van der Waals surface area (Å²) in [6.07, 6.45) is 7.59. The Balaban J connectivity index is 0.000000165. The molecule has 4 heterocycles. The summed E-state index contributed by atoms with van der Waals surface area (Å²) >= 11 is 3.14. The number of hydrogen-bond donors (Lipinski definition) is 0. The van der Waals surface area contributed by atoms with Gasteiger partial charge in [0.05, 0.1) is 36.7 Å². The number of carbonyl (C=O) groups excluding carboxylic acids is 2. The third kappa shape index (κ3) is 27.3. The summed E-state index contributed by atoms with van der Waals surface area (Å²) in [7, 11) is 0.891. The maximum absolute atomic E-state index is 11.3. The standard InChI is InChI=1S/4C18H15P.C11H10N2O3.C7H6BrNO2.C4H5NO.CH4.Pd/c4*1-4-10-16(11-5-1)19(17-12-6-2-7-13-17)18-14-8-3-9-15-18;1-7-6-16-10(13-7)9-5-8(3-4-12-9)11(14)15-2;1-11-7(10)5-2-3-9-6(8)4-5;1-4-2-6-3-5-4;;/h4*1-15H;3-6H,1-2H3;2-4H,1H3;2-3H,1H3;1H4;. The Morgan fingerprint density at radius 3 is 0.730 bits per heavy atom. The third-order valence-electron chi connectivity index (χ3n) is 15.9. The molecule has 0 amide bonds. The minimum absolute atomic E-state index is 0. The summed E-state index contributed by atoms with van der Waals surface area (Å²) in [5.41, 5.74) is 3.11. The van der Waals surface area contributed by atoms with Crippen LogP contribution in [-0.4, -0.2) is 46.1 Å². The zero-order valence-electron chi connectivity index (χ0n) is 61.1. The van der Waals surface area contributed by atoms with Gasteiger partial charge in [-0.2, -0.15) is 0 Å². The van der Waals surface area contributed by atoms with Crippen molar-refractivity contribution in [3.63, 3.8) is 0 Å². The molecular weight excluding hydrogens is 1600 g/mol. The van der Waals surface area contributed by atoms with Gasteiger partial charge < -0.3 is 18.3 Å². The van der Waals surface area contributed by atoms with Crippen molar-refractivity contribution in [2.24, 2.45) is 0 Å². The number of oxazole rings is 2. The largest absolute Gasteiger partial charge is 0.465 e. The van der Waals surface area contributed by atoms with Crippen molar-refractivity contribution in [2.45, 2.75) is 21.3 Å². The first kappa shape index (κ1) is 85.8. The van der Waals surface area contributed by atoms with Crippen LogP contribution in [0.1, 0.15) is 39.5 Å². The molecule has 558 valence electrons. The van der Waals surface area contributed by atoms with Crippen LogP contribution in [0.5, 0.6) is 0 Å². The minimum Gasteiger partial charge on any atom is -0.465 e. The van der Waals surface area contributed by atoms with Crippen LogP contribution in [0.2, 0.25) is 0 Å². The molecule has 0 N–H and O–H groups in total. The van der Waals surface area contributed by atoms with Gasteiger partial charge in [0, 0.05) is 32.8 Å². The summed E-state index contributed by atoms with van der Waals surface area (Å²) in [4.78, 5) is 38.0. The van der Waals surface area contributed by atoms with E-state index in [1.54, 1.807) is 30.5 Å². The van der Waals surface area contributed by atoms with Crippen LogP contribution in [0.15, 0.2) is 433 Å². The Morgan fingerprint density at radius 2 is 0.550 bits per heavy atom. The Labute approximate surface area is 680 Å². The van der Waals surface area contributed by atoms with Crippen LogP contribution in [0.25, 0.3) is 11.6 Å². The summed E-state index contributed by atoms with van der Waals surface area (Å²) in [5, 5.41) is 16.8. The van der Waals surface area contributed by atoms with Gasteiger partial charge in [-0.25, -0.2) is 24.5 Å². The van der Waals surface area contributed by atoms with Gasteiger partial charge in [-0.15, -0.1) is 0 Å². The average molecular weight is 1690 g/mol. The fourth-order valence-electron chi connectivity index (χ4n) is 10.9. The van der Waals surface area contributed by atoms with Gasteiger partial charge in [-0.05, 0) is 149 Å². The predicted octanol–water partition coefficient (Wildman–Crippen LogP) is 18.9. The van der Waals surface area contributed by atoms with Crippen molar-refractivity contribution in [1.29, 1.82) is 0 Å². The molecule has 0 fully saturated rings. The number of nitrogens with zero attached hydrogens (tertiary/aromatic N) is 4. The van der Waals surface area contributed by atoms with Crippen molar-refractivity contribution in [3.8, 4) is 11.6 Å². The van der Waals surface area contributed by atoms with Gasteiger partial charge in [0.2, 0.25) is 5.89 Å². The molecule has 0 radical (unpaired) electrons. The van der Waals surface area contributed by atoms with E-state index in [-0.39, 0.29) is 33.8 Å². The van der Waals surface area contributed by atoms with Crippen LogP contribution in [-0.2, 0) is 29.9 Å². The number of hydrogen-bond acceptors (Lipinski definition) is 10. The molecule has 16 rings (SSSR count). The molecule has 0 aliphatic rings. The third-order valence-corrected chi connectivity index (χ3v) is 26.1. The molecule has 10 nitrogen and oxygen atoms in total. The molecule has 0 saturated carbocycles. The van der Waals surface area contributed by atoms with Gasteiger partial charge >= 0.3 is 11.9 Å². The number of methoxy groups -OCH3 is 2. The molecule has 16 heteroatoms. The van der Waals surface area contributed by atoms with Crippen molar-refractivity contribution in [1.82, 2.24) is 19.9 Å². The van der Waals surface area contributed by atoms with Crippen LogP contribution >= 0.6 is 47.6 Å². The van der Waals surface area contributed by atoms with E-state index in [9.17, 15) is 9.59 Å². The second kappa shape index (κ2) is 48.0. The first-order valence-electron chi connectivity index (χ1n) is 35.0. The molecule has 0 bridgehead atoms. The molecule has 4 aromatic heterocycles.